The van der Waals surface area contributed by atoms with Crippen molar-refractivity contribution in [3.8, 4) is 0 Å². The third kappa shape index (κ3) is 2.18. The van der Waals surface area contributed by atoms with Crippen LogP contribution in [0, 0.1) is 0 Å². The molecule has 1 nitrogen and oxygen atoms in total. The number of benzene rings is 1. The van der Waals surface area contributed by atoms with Crippen molar-refractivity contribution in [1.82, 2.24) is 0 Å². The first-order valence-electron chi connectivity index (χ1n) is 4.74. The number of nitrogens with zero attached hydrogens (tertiary/aromatic N) is 1. The molecule has 0 saturated heterocycles. The van der Waals surface area contributed by atoms with E-state index < -0.39 is 0 Å². The highest BCUT2D eigenvalue weighted by atomic mass is 127. The monoisotopic (exact) mass is 297 g/mol. The summed E-state index contributed by atoms with van der Waals surface area (Å²) in [5.41, 5.74) is 2.62. The first-order valence-corrected chi connectivity index (χ1v) is 5.71. The summed E-state index contributed by atoms with van der Waals surface area (Å²) >= 11 is 2.36. The molecule has 0 saturated carbocycles. The van der Waals surface area contributed by atoms with Gasteiger partial charge in [-0.3, -0.25) is 3.11 Å². The van der Waals surface area contributed by atoms with Crippen LogP contribution in [0.1, 0.15) is 12.8 Å². The second-order valence-electron chi connectivity index (χ2n) is 3.24. The summed E-state index contributed by atoms with van der Waals surface area (Å²) in [5.74, 6) is 0. The number of halogens is 1. The quantitative estimate of drug-likeness (QED) is 0.587. The van der Waals surface area contributed by atoms with Gasteiger partial charge in [-0.05, 0) is 31.1 Å². The molecule has 1 aromatic carbocycles. The van der Waals surface area contributed by atoms with Gasteiger partial charge in [0, 0.05) is 5.70 Å². The molecule has 72 valence electrons. The molecule has 0 aliphatic heterocycles. The molecule has 0 N–H and O–H groups in total. The van der Waals surface area contributed by atoms with Crippen LogP contribution in [0.2, 0.25) is 0 Å². The van der Waals surface area contributed by atoms with Crippen LogP contribution in [0.25, 0.3) is 0 Å². The van der Waals surface area contributed by atoms with Crippen molar-refractivity contribution in [1.29, 1.82) is 0 Å². The number of para-hydroxylation sites is 1. The molecular formula is C12H12IN. The minimum Gasteiger partial charge on any atom is -0.287 e. The Morgan fingerprint density at radius 1 is 1.14 bits per heavy atom. The Kier molecular flexibility index (Phi) is 3.24. The first-order chi connectivity index (χ1) is 6.88. The van der Waals surface area contributed by atoms with Gasteiger partial charge in [-0.15, -0.1) is 0 Å². The molecule has 0 bridgehead atoms. The fourth-order valence-electron chi connectivity index (χ4n) is 1.48. The lowest BCUT2D eigenvalue weighted by Crippen LogP contribution is -2.09. The van der Waals surface area contributed by atoms with Gasteiger partial charge in [-0.25, -0.2) is 0 Å². The molecule has 1 aliphatic carbocycles. The lowest BCUT2D eigenvalue weighted by atomic mass is 10.1. The maximum atomic E-state index is 2.36. The van der Waals surface area contributed by atoms with Gasteiger partial charge >= 0.3 is 0 Å². The Morgan fingerprint density at radius 2 is 1.93 bits per heavy atom. The number of allylic oxidation sites excluding steroid dienone is 4. The molecule has 0 atom stereocenters. The molecule has 1 aliphatic rings. The van der Waals surface area contributed by atoms with Crippen LogP contribution in [0.3, 0.4) is 0 Å². The van der Waals surface area contributed by atoms with Crippen molar-refractivity contribution in [2.75, 3.05) is 3.11 Å². The predicted octanol–water partition coefficient (Wildman–Crippen LogP) is 4.08. The van der Waals surface area contributed by atoms with E-state index in [9.17, 15) is 0 Å². The normalized spacial score (nSPS) is 15.1. The lowest BCUT2D eigenvalue weighted by Gasteiger charge is -2.21. The third-order valence-corrected chi connectivity index (χ3v) is 3.40. The van der Waals surface area contributed by atoms with Crippen LogP contribution in [0.15, 0.2) is 54.3 Å². The molecule has 0 aromatic heterocycles. The molecule has 2 heteroatoms. The van der Waals surface area contributed by atoms with Gasteiger partial charge in [0.2, 0.25) is 0 Å². The third-order valence-electron chi connectivity index (χ3n) is 2.23. The standard InChI is InChI=1S/C12H12IN/c13-14(11-7-3-1-4-8-11)12-9-5-2-6-10-12/h1-5,7-9H,6,10H2. The molecule has 0 spiro atoms. The van der Waals surface area contributed by atoms with E-state index in [1.165, 1.54) is 11.4 Å². The van der Waals surface area contributed by atoms with Crippen molar-refractivity contribution in [2.45, 2.75) is 12.8 Å². The van der Waals surface area contributed by atoms with Crippen LogP contribution in [-0.2, 0) is 0 Å². The topological polar surface area (TPSA) is 3.24 Å². The van der Waals surface area contributed by atoms with Crippen LogP contribution in [0.4, 0.5) is 5.69 Å². The van der Waals surface area contributed by atoms with E-state index in [4.69, 9.17) is 0 Å². The van der Waals surface area contributed by atoms with Crippen molar-refractivity contribution in [2.24, 2.45) is 0 Å². The Labute approximate surface area is 98.6 Å². The van der Waals surface area contributed by atoms with E-state index in [1.807, 2.05) is 6.07 Å². The zero-order valence-corrected chi connectivity index (χ0v) is 10.0. The van der Waals surface area contributed by atoms with Crippen LogP contribution in [-0.4, -0.2) is 0 Å². The first kappa shape index (κ1) is 9.77. The zero-order chi connectivity index (χ0) is 9.80. The van der Waals surface area contributed by atoms with E-state index in [0.29, 0.717) is 0 Å². The number of hydrogen-bond acceptors (Lipinski definition) is 1. The summed E-state index contributed by atoms with van der Waals surface area (Å²) in [6.45, 7) is 0. The van der Waals surface area contributed by atoms with E-state index in [-0.39, 0.29) is 0 Å². The highest BCUT2D eigenvalue weighted by Crippen LogP contribution is 2.27. The summed E-state index contributed by atoms with van der Waals surface area (Å²) < 4.78 is 2.22. The fraction of sp³-hybridized carbons (Fsp3) is 0.167. The van der Waals surface area contributed by atoms with Crippen LogP contribution < -0.4 is 3.11 Å². The van der Waals surface area contributed by atoms with Gasteiger partial charge in [0.05, 0.1) is 28.6 Å². The second-order valence-corrected chi connectivity index (χ2v) is 4.21. The molecule has 0 unspecified atom stereocenters. The molecular weight excluding hydrogens is 285 g/mol. The van der Waals surface area contributed by atoms with Gasteiger partial charge in [-0.2, -0.15) is 0 Å². The summed E-state index contributed by atoms with van der Waals surface area (Å²) in [7, 11) is 0. The highest BCUT2D eigenvalue weighted by molar-refractivity contribution is 14.1. The Bertz CT molecular complexity index is 354. The summed E-state index contributed by atoms with van der Waals surface area (Å²) in [6, 6.07) is 10.4. The van der Waals surface area contributed by atoms with Crippen molar-refractivity contribution < 1.29 is 0 Å². The molecule has 14 heavy (non-hydrogen) atoms. The van der Waals surface area contributed by atoms with Crippen molar-refractivity contribution in [3.05, 3.63) is 54.3 Å². The summed E-state index contributed by atoms with van der Waals surface area (Å²) in [5, 5.41) is 0. The molecule has 2 rings (SSSR count). The van der Waals surface area contributed by atoms with E-state index in [2.05, 4.69) is 68.5 Å². The van der Waals surface area contributed by atoms with E-state index in [0.717, 1.165) is 12.8 Å². The second kappa shape index (κ2) is 4.64. The van der Waals surface area contributed by atoms with E-state index >= 15 is 0 Å². The molecule has 1 aromatic rings. The van der Waals surface area contributed by atoms with Gasteiger partial charge in [0.25, 0.3) is 0 Å². The number of hydrogen-bond donors (Lipinski definition) is 0. The molecule has 0 heterocycles. The maximum absolute atomic E-state index is 2.36. The van der Waals surface area contributed by atoms with Crippen molar-refractivity contribution in [3.63, 3.8) is 0 Å². The maximum Gasteiger partial charge on any atom is 0.0643 e. The molecule has 0 fully saturated rings. The summed E-state index contributed by atoms with van der Waals surface area (Å²) in [4.78, 5) is 0. The zero-order valence-electron chi connectivity index (χ0n) is 7.86. The lowest BCUT2D eigenvalue weighted by molar-refractivity contribution is 0.950. The minimum atomic E-state index is 1.13. The smallest absolute Gasteiger partial charge is 0.0643 e. The molecule has 0 radical (unpaired) electrons. The van der Waals surface area contributed by atoms with Crippen LogP contribution >= 0.6 is 22.9 Å². The van der Waals surface area contributed by atoms with Crippen LogP contribution in [0.5, 0.6) is 0 Å². The fourth-order valence-corrected chi connectivity index (χ4v) is 2.20. The highest BCUT2D eigenvalue weighted by Gasteiger charge is 2.08. The summed E-state index contributed by atoms with van der Waals surface area (Å²) in [6.07, 6.45) is 8.81. The van der Waals surface area contributed by atoms with Gasteiger partial charge in [-0.1, -0.05) is 30.4 Å². The van der Waals surface area contributed by atoms with E-state index in [1.54, 1.807) is 0 Å². The van der Waals surface area contributed by atoms with Gasteiger partial charge in [0.1, 0.15) is 0 Å². The predicted molar refractivity (Wildman–Crippen MR) is 69.4 cm³/mol. The largest absolute Gasteiger partial charge is 0.287 e. The molecule has 0 amide bonds. The number of anilines is 1. The Hall–Kier alpha value is -0.770. The Balaban J connectivity index is 2.19. The average Bonchev–Trinajstić information content (AvgIpc) is 2.30. The van der Waals surface area contributed by atoms with Crippen molar-refractivity contribution >= 4 is 28.6 Å². The van der Waals surface area contributed by atoms with Gasteiger partial charge in [0.15, 0.2) is 0 Å². The minimum absolute atomic E-state index is 1.13. The van der Waals surface area contributed by atoms with Gasteiger partial charge < -0.3 is 0 Å². The SMILES string of the molecule is IN(C1=CC=CCC1)c1ccccc1. The average molecular weight is 297 g/mol. The number of rotatable bonds is 2. The Morgan fingerprint density at radius 3 is 2.57 bits per heavy atom.